The Morgan fingerprint density at radius 1 is 1.38 bits per heavy atom. The van der Waals surface area contributed by atoms with E-state index in [2.05, 4.69) is 5.32 Å². The van der Waals surface area contributed by atoms with Crippen molar-refractivity contribution < 1.29 is 12.8 Å². The highest BCUT2D eigenvalue weighted by Gasteiger charge is 2.32. The van der Waals surface area contributed by atoms with E-state index in [1.807, 2.05) is 20.8 Å². The van der Waals surface area contributed by atoms with Crippen LogP contribution < -0.4 is 5.32 Å². The summed E-state index contributed by atoms with van der Waals surface area (Å²) in [6.45, 7) is 7.80. The Morgan fingerprint density at radius 3 is 2.67 bits per heavy atom. The van der Waals surface area contributed by atoms with E-state index in [1.165, 1.54) is 0 Å². The number of rotatable bonds is 9. The van der Waals surface area contributed by atoms with E-state index in [4.69, 9.17) is 4.42 Å². The molecule has 21 heavy (non-hydrogen) atoms. The van der Waals surface area contributed by atoms with Crippen LogP contribution in [-0.4, -0.2) is 31.9 Å². The van der Waals surface area contributed by atoms with Gasteiger partial charge in [0.05, 0.1) is 6.54 Å². The van der Waals surface area contributed by atoms with Gasteiger partial charge < -0.3 is 9.73 Å². The van der Waals surface area contributed by atoms with Gasteiger partial charge in [-0.2, -0.15) is 4.31 Å². The summed E-state index contributed by atoms with van der Waals surface area (Å²) in [6.07, 6.45) is 3.09. The van der Waals surface area contributed by atoms with Gasteiger partial charge in [-0.1, -0.05) is 20.8 Å². The summed E-state index contributed by atoms with van der Waals surface area (Å²) in [4.78, 5) is 0. The molecule has 1 saturated carbocycles. The Hall–Kier alpha value is -0.850. The van der Waals surface area contributed by atoms with Crippen molar-refractivity contribution in [1.82, 2.24) is 9.62 Å². The average Bonchev–Trinajstić information content (AvgIpc) is 3.10. The van der Waals surface area contributed by atoms with Gasteiger partial charge in [-0.05, 0) is 37.3 Å². The molecule has 1 N–H and O–H groups in total. The van der Waals surface area contributed by atoms with Crippen LogP contribution in [0.1, 0.15) is 45.8 Å². The number of nitrogens with one attached hydrogen (secondary N) is 1. The molecule has 0 atom stereocenters. The van der Waals surface area contributed by atoms with Crippen LogP contribution in [0.4, 0.5) is 0 Å². The van der Waals surface area contributed by atoms with Gasteiger partial charge in [0, 0.05) is 19.1 Å². The molecule has 1 heterocycles. The van der Waals surface area contributed by atoms with Gasteiger partial charge in [-0.25, -0.2) is 8.42 Å². The van der Waals surface area contributed by atoms with Crippen LogP contribution in [-0.2, 0) is 16.6 Å². The Kier molecular flexibility index (Phi) is 5.46. The Balaban J connectivity index is 2.09. The van der Waals surface area contributed by atoms with Crippen molar-refractivity contribution in [1.29, 1.82) is 0 Å². The molecule has 0 radical (unpaired) electrons. The van der Waals surface area contributed by atoms with E-state index >= 15 is 0 Å². The van der Waals surface area contributed by atoms with Gasteiger partial charge in [-0.15, -0.1) is 0 Å². The monoisotopic (exact) mass is 314 g/mol. The van der Waals surface area contributed by atoms with E-state index in [0.717, 1.165) is 19.3 Å². The van der Waals surface area contributed by atoms with Crippen LogP contribution >= 0.6 is 0 Å². The van der Waals surface area contributed by atoms with Crippen molar-refractivity contribution >= 4 is 10.0 Å². The lowest BCUT2D eigenvalue weighted by molar-refractivity contribution is 0.353. The molecule has 1 aliphatic carbocycles. The Bertz CT molecular complexity index is 547. The molecule has 1 aromatic heterocycles. The minimum Gasteiger partial charge on any atom is -0.447 e. The number of hydrogen-bond donors (Lipinski definition) is 1. The molecule has 0 unspecified atom stereocenters. The molecule has 0 aliphatic heterocycles. The summed E-state index contributed by atoms with van der Waals surface area (Å²) in [5, 5.41) is 3.29. The summed E-state index contributed by atoms with van der Waals surface area (Å²) in [6, 6.07) is 3.65. The number of sulfonamides is 1. The first kappa shape index (κ1) is 16.5. The smallest absolute Gasteiger partial charge is 0.276 e. The molecule has 6 heteroatoms. The van der Waals surface area contributed by atoms with Crippen molar-refractivity contribution in [3.63, 3.8) is 0 Å². The minimum atomic E-state index is -3.50. The number of hydrogen-bond acceptors (Lipinski definition) is 4. The summed E-state index contributed by atoms with van der Waals surface area (Å²) >= 11 is 0. The molecule has 2 rings (SSSR count). The zero-order valence-corrected chi connectivity index (χ0v) is 13.9. The highest BCUT2D eigenvalue weighted by Crippen LogP contribution is 2.32. The predicted octanol–water partition coefficient (Wildman–Crippen LogP) is 2.59. The zero-order valence-electron chi connectivity index (χ0n) is 13.1. The Labute approximate surface area is 127 Å². The molecule has 0 spiro atoms. The highest BCUT2D eigenvalue weighted by molar-refractivity contribution is 7.89. The lowest BCUT2D eigenvalue weighted by atomic mass is 10.3. The maximum absolute atomic E-state index is 12.6. The van der Waals surface area contributed by atoms with Crippen LogP contribution in [0.3, 0.4) is 0 Å². The summed E-state index contributed by atoms with van der Waals surface area (Å²) < 4.78 is 32.4. The van der Waals surface area contributed by atoms with Gasteiger partial charge in [-0.3, -0.25) is 0 Å². The largest absolute Gasteiger partial charge is 0.447 e. The number of nitrogens with zero attached hydrogens (tertiary/aromatic N) is 1. The molecule has 0 amide bonds. The van der Waals surface area contributed by atoms with Gasteiger partial charge in [0.15, 0.2) is 0 Å². The zero-order chi connectivity index (χ0) is 15.5. The summed E-state index contributed by atoms with van der Waals surface area (Å²) in [5.74, 6) is 1.19. The van der Waals surface area contributed by atoms with Crippen LogP contribution in [0.2, 0.25) is 0 Å². The molecule has 1 aliphatic rings. The second-order valence-electron chi connectivity index (χ2n) is 6.06. The standard InChI is InChI=1S/C15H26N2O3S/c1-4-9-17(11-13-5-6-13)21(18,19)15-8-7-14(20-15)10-16-12(2)3/h7-8,12-13,16H,4-6,9-11H2,1-3H3. The lowest BCUT2D eigenvalue weighted by Gasteiger charge is -2.19. The fraction of sp³-hybridized carbons (Fsp3) is 0.733. The van der Waals surface area contributed by atoms with E-state index in [0.29, 0.717) is 37.4 Å². The van der Waals surface area contributed by atoms with Crippen molar-refractivity contribution in [2.45, 2.75) is 57.7 Å². The van der Waals surface area contributed by atoms with Gasteiger partial charge in [0.2, 0.25) is 5.09 Å². The van der Waals surface area contributed by atoms with Crippen molar-refractivity contribution in [3.8, 4) is 0 Å². The predicted molar refractivity (Wildman–Crippen MR) is 82.5 cm³/mol. The third-order valence-electron chi connectivity index (χ3n) is 3.55. The molecule has 0 saturated heterocycles. The lowest BCUT2D eigenvalue weighted by Crippen LogP contribution is -2.33. The third kappa shape index (κ3) is 4.56. The van der Waals surface area contributed by atoms with E-state index < -0.39 is 10.0 Å². The maximum atomic E-state index is 12.6. The second kappa shape index (κ2) is 6.94. The maximum Gasteiger partial charge on any atom is 0.276 e. The average molecular weight is 314 g/mol. The first-order valence-electron chi connectivity index (χ1n) is 7.75. The van der Waals surface area contributed by atoms with Gasteiger partial charge in [0.25, 0.3) is 10.0 Å². The molecular weight excluding hydrogens is 288 g/mol. The first-order chi connectivity index (χ1) is 9.93. The van der Waals surface area contributed by atoms with Gasteiger partial charge in [0.1, 0.15) is 5.76 Å². The number of furan rings is 1. The SMILES string of the molecule is CCCN(CC1CC1)S(=O)(=O)c1ccc(CNC(C)C)o1. The molecular formula is C15H26N2O3S. The third-order valence-corrected chi connectivity index (χ3v) is 5.29. The molecule has 0 aromatic carbocycles. The van der Waals surface area contributed by atoms with E-state index in [9.17, 15) is 8.42 Å². The fourth-order valence-electron chi connectivity index (χ4n) is 2.17. The normalized spacial score (nSPS) is 16.0. The molecule has 0 bridgehead atoms. The Morgan fingerprint density at radius 2 is 2.10 bits per heavy atom. The fourth-order valence-corrected chi connectivity index (χ4v) is 3.71. The van der Waals surface area contributed by atoms with E-state index in [1.54, 1.807) is 16.4 Å². The van der Waals surface area contributed by atoms with Crippen LogP contribution in [0, 0.1) is 5.92 Å². The van der Waals surface area contributed by atoms with Crippen molar-refractivity contribution in [2.75, 3.05) is 13.1 Å². The van der Waals surface area contributed by atoms with Crippen LogP contribution in [0.5, 0.6) is 0 Å². The van der Waals surface area contributed by atoms with E-state index in [-0.39, 0.29) is 5.09 Å². The molecule has 1 fully saturated rings. The summed E-state index contributed by atoms with van der Waals surface area (Å²) in [5.41, 5.74) is 0. The molecule has 5 nitrogen and oxygen atoms in total. The second-order valence-corrected chi connectivity index (χ2v) is 7.93. The molecule has 1 aromatic rings. The van der Waals surface area contributed by atoms with Crippen molar-refractivity contribution in [2.24, 2.45) is 5.92 Å². The first-order valence-corrected chi connectivity index (χ1v) is 9.19. The van der Waals surface area contributed by atoms with Crippen LogP contribution in [0.25, 0.3) is 0 Å². The summed E-state index contributed by atoms with van der Waals surface area (Å²) in [7, 11) is -3.50. The topological polar surface area (TPSA) is 62.6 Å². The highest BCUT2D eigenvalue weighted by atomic mass is 32.2. The van der Waals surface area contributed by atoms with Crippen LogP contribution in [0.15, 0.2) is 21.6 Å². The van der Waals surface area contributed by atoms with Crippen molar-refractivity contribution in [3.05, 3.63) is 17.9 Å². The van der Waals surface area contributed by atoms with Gasteiger partial charge >= 0.3 is 0 Å². The quantitative estimate of drug-likeness (QED) is 0.761. The molecule has 120 valence electrons. The minimum absolute atomic E-state index is 0.0668.